The summed E-state index contributed by atoms with van der Waals surface area (Å²) in [7, 11) is 0. The summed E-state index contributed by atoms with van der Waals surface area (Å²) in [6, 6.07) is -4.97. The van der Waals surface area contributed by atoms with Crippen LogP contribution in [0.5, 0.6) is 0 Å². The molecule has 12 nitrogen and oxygen atoms in total. The zero-order chi connectivity index (χ0) is 24.5. The molecule has 0 bridgehead atoms. The highest BCUT2D eigenvalue weighted by molar-refractivity contribution is 5.95. The molecule has 0 aliphatic rings. The van der Waals surface area contributed by atoms with Crippen LogP contribution >= 0.6 is 0 Å². The Bertz CT molecular complexity index is 668. The van der Waals surface area contributed by atoms with Crippen LogP contribution in [0.25, 0.3) is 0 Å². The molecule has 0 aromatic heterocycles. The Hall–Kier alpha value is -2.73. The molecule has 4 amide bonds. The normalized spacial score (nSPS) is 16.9. The van der Waals surface area contributed by atoms with Crippen molar-refractivity contribution < 1.29 is 34.2 Å². The maximum atomic E-state index is 12.8. The van der Waals surface area contributed by atoms with Gasteiger partial charge in [-0.25, -0.2) is 4.79 Å². The predicted octanol–water partition coefficient (Wildman–Crippen LogP) is -2.19. The van der Waals surface area contributed by atoms with Crippen molar-refractivity contribution in [2.24, 2.45) is 23.3 Å². The van der Waals surface area contributed by atoms with Crippen LogP contribution in [0.4, 0.5) is 0 Å². The summed E-state index contributed by atoms with van der Waals surface area (Å²) >= 11 is 0. The van der Waals surface area contributed by atoms with Gasteiger partial charge >= 0.3 is 5.97 Å². The molecule has 31 heavy (non-hydrogen) atoms. The zero-order valence-electron chi connectivity index (χ0n) is 18.5. The molecule has 0 aliphatic carbocycles. The molecule has 0 heterocycles. The molecule has 0 spiro atoms. The van der Waals surface area contributed by atoms with E-state index in [9.17, 15) is 34.2 Å². The third-order valence-corrected chi connectivity index (χ3v) is 4.84. The molecule has 0 aromatic rings. The van der Waals surface area contributed by atoms with E-state index in [4.69, 9.17) is 11.5 Å². The fraction of sp³-hybridized carbons (Fsp3) is 0.737. The van der Waals surface area contributed by atoms with Crippen LogP contribution in [0.2, 0.25) is 0 Å². The number of amides is 4. The van der Waals surface area contributed by atoms with E-state index in [2.05, 4.69) is 16.0 Å². The predicted molar refractivity (Wildman–Crippen MR) is 111 cm³/mol. The van der Waals surface area contributed by atoms with E-state index in [0.29, 0.717) is 6.42 Å². The first-order chi connectivity index (χ1) is 14.2. The quantitative estimate of drug-likeness (QED) is 0.165. The summed E-state index contributed by atoms with van der Waals surface area (Å²) in [6.45, 7) is 8.02. The molecule has 0 saturated heterocycles. The summed E-state index contributed by atoms with van der Waals surface area (Å²) < 4.78 is 0. The van der Waals surface area contributed by atoms with Gasteiger partial charge in [0.1, 0.15) is 12.1 Å². The third kappa shape index (κ3) is 9.30. The van der Waals surface area contributed by atoms with Crippen molar-refractivity contribution >= 4 is 29.6 Å². The minimum atomic E-state index is -1.55. The van der Waals surface area contributed by atoms with Gasteiger partial charge in [0.2, 0.25) is 23.6 Å². The topological polar surface area (TPSA) is 214 Å². The minimum Gasteiger partial charge on any atom is -0.480 e. The summed E-state index contributed by atoms with van der Waals surface area (Å²) in [4.78, 5) is 60.0. The Labute approximate surface area is 181 Å². The van der Waals surface area contributed by atoms with Gasteiger partial charge in [-0.15, -0.1) is 0 Å². The molecule has 0 aromatic carbocycles. The van der Waals surface area contributed by atoms with Crippen LogP contribution in [0.1, 0.15) is 47.5 Å². The number of hydrogen-bond acceptors (Lipinski definition) is 7. The molecule has 178 valence electrons. The summed E-state index contributed by atoms with van der Waals surface area (Å²) in [5.41, 5.74) is 10.6. The van der Waals surface area contributed by atoms with Gasteiger partial charge in [-0.05, 0) is 18.8 Å². The lowest BCUT2D eigenvalue weighted by Gasteiger charge is -2.29. The number of nitrogens with one attached hydrogen (secondary N) is 3. The van der Waals surface area contributed by atoms with Gasteiger partial charge < -0.3 is 37.6 Å². The third-order valence-electron chi connectivity index (χ3n) is 4.84. The maximum Gasteiger partial charge on any atom is 0.328 e. The maximum absolute atomic E-state index is 12.8. The first-order valence-corrected chi connectivity index (χ1v) is 10.1. The second-order valence-corrected chi connectivity index (χ2v) is 7.94. The SMILES string of the molecule is CCC(C)C(NC(=O)C(NC(=O)C(N)CC(N)=O)C(C)C)C(=O)NC(C(=O)O)C(C)O. The Kier molecular flexibility index (Phi) is 11.7. The van der Waals surface area contributed by atoms with Gasteiger partial charge in [0, 0.05) is 0 Å². The minimum absolute atomic E-state index is 0.381. The largest absolute Gasteiger partial charge is 0.480 e. The number of carbonyl (C=O) groups excluding carboxylic acids is 4. The molecule has 6 unspecified atom stereocenters. The lowest BCUT2D eigenvalue weighted by Crippen LogP contribution is -2.60. The Morgan fingerprint density at radius 2 is 1.29 bits per heavy atom. The number of carboxylic acid groups (broad SMARTS) is 1. The Morgan fingerprint density at radius 1 is 0.839 bits per heavy atom. The first-order valence-electron chi connectivity index (χ1n) is 10.1. The fourth-order valence-corrected chi connectivity index (χ4v) is 2.68. The van der Waals surface area contributed by atoms with Crippen LogP contribution in [0.15, 0.2) is 0 Å². The van der Waals surface area contributed by atoms with E-state index in [-0.39, 0.29) is 5.92 Å². The van der Waals surface area contributed by atoms with Crippen molar-refractivity contribution in [1.82, 2.24) is 16.0 Å². The van der Waals surface area contributed by atoms with Crippen LogP contribution in [0, 0.1) is 11.8 Å². The van der Waals surface area contributed by atoms with E-state index in [1.807, 2.05) is 0 Å². The molecule has 0 fully saturated rings. The number of hydrogen-bond donors (Lipinski definition) is 7. The molecule has 0 saturated carbocycles. The van der Waals surface area contributed by atoms with Crippen molar-refractivity contribution in [2.75, 3.05) is 0 Å². The highest BCUT2D eigenvalue weighted by atomic mass is 16.4. The first kappa shape index (κ1) is 28.3. The Balaban J connectivity index is 5.49. The van der Waals surface area contributed by atoms with Gasteiger partial charge in [0.05, 0.1) is 18.6 Å². The number of aliphatic hydroxyl groups excluding tert-OH is 1. The smallest absolute Gasteiger partial charge is 0.328 e. The molecule has 0 radical (unpaired) electrons. The molecular weight excluding hydrogens is 410 g/mol. The zero-order valence-corrected chi connectivity index (χ0v) is 18.5. The number of primary amides is 1. The standard InChI is InChI=1S/C19H35N5O7/c1-6-9(4)14(18(29)24-15(10(5)25)19(30)31)23-17(28)13(8(2)3)22-16(27)11(20)7-12(21)26/h8-11,13-15,25H,6-7,20H2,1-5H3,(H2,21,26)(H,22,27)(H,23,28)(H,24,29)(H,30,31). The van der Waals surface area contributed by atoms with Crippen molar-refractivity contribution in [3.8, 4) is 0 Å². The van der Waals surface area contributed by atoms with Crippen LogP contribution < -0.4 is 27.4 Å². The van der Waals surface area contributed by atoms with E-state index < -0.39 is 72.2 Å². The summed E-state index contributed by atoms with van der Waals surface area (Å²) in [5, 5.41) is 26.0. The van der Waals surface area contributed by atoms with Gasteiger partial charge in [-0.2, -0.15) is 0 Å². The van der Waals surface area contributed by atoms with Crippen molar-refractivity contribution in [3.05, 3.63) is 0 Å². The average molecular weight is 446 g/mol. The van der Waals surface area contributed by atoms with Gasteiger partial charge in [-0.1, -0.05) is 34.1 Å². The van der Waals surface area contributed by atoms with Gasteiger partial charge in [0.15, 0.2) is 6.04 Å². The second kappa shape index (κ2) is 12.8. The Morgan fingerprint density at radius 3 is 1.68 bits per heavy atom. The van der Waals surface area contributed by atoms with Crippen LogP contribution in [0.3, 0.4) is 0 Å². The van der Waals surface area contributed by atoms with Crippen LogP contribution in [-0.2, 0) is 24.0 Å². The van der Waals surface area contributed by atoms with Crippen molar-refractivity contribution in [3.63, 3.8) is 0 Å². The van der Waals surface area contributed by atoms with E-state index in [0.717, 1.165) is 0 Å². The van der Waals surface area contributed by atoms with Crippen molar-refractivity contribution in [1.29, 1.82) is 0 Å². The van der Waals surface area contributed by atoms with Gasteiger partial charge in [0.25, 0.3) is 0 Å². The van der Waals surface area contributed by atoms with Crippen LogP contribution in [-0.4, -0.2) is 70.1 Å². The van der Waals surface area contributed by atoms with E-state index >= 15 is 0 Å². The molecule has 0 rings (SSSR count). The molecular formula is C19H35N5O7. The number of carbonyl (C=O) groups is 5. The number of nitrogens with two attached hydrogens (primary N) is 2. The fourth-order valence-electron chi connectivity index (χ4n) is 2.68. The molecule has 0 aliphatic heterocycles. The van der Waals surface area contributed by atoms with E-state index in [1.54, 1.807) is 27.7 Å². The number of aliphatic hydroxyl groups is 1. The highest BCUT2D eigenvalue weighted by Crippen LogP contribution is 2.11. The number of aliphatic carboxylic acids is 1. The summed E-state index contributed by atoms with van der Waals surface area (Å²) in [5.74, 6) is -5.18. The average Bonchev–Trinajstić information content (AvgIpc) is 2.65. The monoisotopic (exact) mass is 445 g/mol. The van der Waals surface area contributed by atoms with Crippen molar-refractivity contribution in [2.45, 2.75) is 77.7 Å². The number of rotatable bonds is 13. The van der Waals surface area contributed by atoms with Gasteiger partial charge in [-0.3, -0.25) is 19.2 Å². The highest BCUT2D eigenvalue weighted by Gasteiger charge is 2.34. The lowest BCUT2D eigenvalue weighted by atomic mass is 9.96. The van der Waals surface area contributed by atoms with E-state index in [1.165, 1.54) is 6.92 Å². The number of carboxylic acids is 1. The lowest BCUT2D eigenvalue weighted by molar-refractivity contribution is -0.145. The molecule has 9 N–H and O–H groups in total. The summed E-state index contributed by atoms with van der Waals surface area (Å²) in [6.07, 6.45) is -1.27. The molecule has 6 atom stereocenters. The molecule has 12 heteroatoms. The second-order valence-electron chi connectivity index (χ2n) is 7.94.